The number of rotatable bonds is 6. The molecular weight excluding hydrogens is 354 g/mol. The smallest absolute Gasteiger partial charge is 0.251 e. The second-order valence-electron chi connectivity index (χ2n) is 7.18. The lowest BCUT2D eigenvalue weighted by Crippen LogP contribution is -2.43. The molecule has 0 unspecified atom stereocenters. The summed E-state index contributed by atoms with van der Waals surface area (Å²) in [7, 11) is -0.304. The van der Waals surface area contributed by atoms with E-state index in [-0.39, 0.29) is 23.6 Å². The van der Waals surface area contributed by atoms with E-state index < -0.39 is 10.0 Å². The van der Waals surface area contributed by atoms with Gasteiger partial charge in [0.1, 0.15) is 0 Å². The first-order valence-electron chi connectivity index (χ1n) is 9.00. The fourth-order valence-electron chi connectivity index (χ4n) is 3.39. The van der Waals surface area contributed by atoms with Gasteiger partial charge in [-0.25, -0.2) is 12.7 Å². The number of nitrogens with one attached hydrogen (secondary N) is 1. The predicted molar refractivity (Wildman–Crippen MR) is 101 cm³/mol. The lowest BCUT2D eigenvalue weighted by Gasteiger charge is -2.21. The molecule has 1 aromatic carbocycles. The molecule has 2 aliphatic heterocycles. The van der Waals surface area contributed by atoms with Crippen LogP contribution in [0, 0.1) is 5.92 Å². The van der Waals surface area contributed by atoms with Crippen molar-refractivity contribution < 1.29 is 17.9 Å². The molecule has 2 atom stereocenters. The van der Waals surface area contributed by atoms with Crippen LogP contribution < -0.4 is 10.2 Å². The second-order valence-corrected chi connectivity index (χ2v) is 9.41. The van der Waals surface area contributed by atoms with Crippen molar-refractivity contribution >= 4 is 21.6 Å². The zero-order chi connectivity index (χ0) is 18.7. The van der Waals surface area contributed by atoms with E-state index in [1.807, 2.05) is 24.3 Å². The van der Waals surface area contributed by atoms with Crippen molar-refractivity contribution in [1.82, 2.24) is 9.62 Å². The van der Waals surface area contributed by atoms with Crippen LogP contribution in [0.4, 0.5) is 5.69 Å². The summed E-state index contributed by atoms with van der Waals surface area (Å²) in [5, 5.41) is 2.94. The number of nitrogens with zero attached hydrogens (tertiary/aromatic N) is 2. The Morgan fingerprint density at radius 1 is 1.19 bits per heavy atom. The Morgan fingerprint density at radius 2 is 1.85 bits per heavy atom. The number of carbonyl (C=O) groups is 1. The maximum absolute atomic E-state index is 12.5. The van der Waals surface area contributed by atoms with Crippen LogP contribution in [0.1, 0.15) is 23.2 Å². The molecule has 2 aliphatic rings. The van der Waals surface area contributed by atoms with Crippen LogP contribution in [-0.2, 0) is 14.8 Å². The molecule has 0 aliphatic carbocycles. The number of hydrogen-bond acceptors (Lipinski definition) is 5. The van der Waals surface area contributed by atoms with Gasteiger partial charge in [0.2, 0.25) is 10.0 Å². The quantitative estimate of drug-likeness (QED) is 0.793. The largest absolute Gasteiger partial charge is 0.379 e. The minimum absolute atomic E-state index is 0.0289. The van der Waals surface area contributed by atoms with E-state index in [2.05, 4.69) is 10.2 Å². The maximum atomic E-state index is 12.5. The van der Waals surface area contributed by atoms with Crippen LogP contribution in [-0.4, -0.2) is 70.8 Å². The summed E-state index contributed by atoms with van der Waals surface area (Å²) in [5.41, 5.74) is 1.72. The Kier molecular flexibility index (Phi) is 5.84. The third-order valence-electron chi connectivity index (χ3n) is 5.10. The third kappa shape index (κ3) is 4.36. The van der Waals surface area contributed by atoms with E-state index in [1.165, 1.54) is 31.2 Å². The highest BCUT2D eigenvalue weighted by Crippen LogP contribution is 2.21. The highest BCUT2D eigenvalue weighted by Gasteiger charge is 2.34. The molecule has 1 amide bonds. The average molecular weight is 381 g/mol. The summed E-state index contributed by atoms with van der Waals surface area (Å²) in [6.45, 7) is 2.80. The summed E-state index contributed by atoms with van der Waals surface area (Å²) in [5.74, 6) is -0.463. The Morgan fingerprint density at radius 3 is 2.46 bits per heavy atom. The van der Waals surface area contributed by atoms with Gasteiger partial charge in [-0.05, 0) is 37.1 Å². The highest BCUT2D eigenvalue weighted by molar-refractivity contribution is 7.89. The Hall–Kier alpha value is -1.64. The van der Waals surface area contributed by atoms with Crippen molar-refractivity contribution in [3.8, 4) is 0 Å². The van der Waals surface area contributed by atoms with Gasteiger partial charge in [-0.2, -0.15) is 0 Å². The van der Waals surface area contributed by atoms with Crippen LogP contribution in [0.5, 0.6) is 0 Å². The zero-order valence-electron chi connectivity index (χ0n) is 15.3. The van der Waals surface area contributed by atoms with Gasteiger partial charge in [0.25, 0.3) is 5.91 Å². The summed E-state index contributed by atoms with van der Waals surface area (Å²) in [6.07, 6.45) is 2.42. The van der Waals surface area contributed by atoms with Crippen molar-refractivity contribution in [2.75, 3.05) is 51.1 Å². The maximum Gasteiger partial charge on any atom is 0.251 e. The first kappa shape index (κ1) is 19.1. The van der Waals surface area contributed by atoms with Crippen LogP contribution >= 0.6 is 0 Å². The topological polar surface area (TPSA) is 79.0 Å². The minimum Gasteiger partial charge on any atom is -0.379 e. The Bertz CT molecular complexity index is 727. The van der Waals surface area contributed by atoms with Gasteiger partial charge in [-0.15, -0.1) is 0 Å². The minimum atomic E-state index is -3.33. The number of amides is 1. The molecule has 3 rings (SSSR count). The number of carbonyl (C=O) groups excluding carboxylic acids is 1. The molecule has 0 bridgehead atoms. The number of hydrogen-bond donors (Lipinski definition) is 1. The number of benzene rings is 1. The molecule has 8 heteroatoms. The van der Waals surface area contributed by atoms with Crippen molar-refractivity contribution in [2.24, 2.45) is 5.92 Å². The van der Waals surface area contributed by atoms with E-state index >= 15 is 0 Å². The lowest BCUT2D eigenvalue weighted by molar-refractivity contribution is 0.0926. The fourth-order valence-corrected chi connectivity index (χ4v) is 4.56. The Labute approximate surface area is 155 Å². The normalized spacial score (nSPS) is 23.6. The van der Waals surface area contributed by atoms with E-state index in [0.717, 1.165) is 18.8 Å². The van der Waals surface area contributed by atoms with Gasteiger partial charge >= 0.3 is 0 Å². The SMILES string of the molecule is CN(C)S(=O)(=O)C[C@@H]1COC[C@@H]1NC(=O)c1ccc(N2CCCC2)cc1. The molecule has 1 N–H and O–H groups in total. The van der Waals surface area contributed by atoms with Gasteiger partial charge in [0, 0.05) is 44.4 Å². The van der Waals surface area contributed by atoms with Crippen molar-refractivity contribution in [3.63, 3.8) is 0 Å². The summed E-state index contributed by atoms with van der Waals surface area (Å²) in [4.78, 5) is 14.9. The van der Waals surface area contributed by atoms with Crippen LogP contribution in [0.15, 0.2) is 24.3 Å². The number of sulfonamides is 1. The predicted octanol–water partition coefficient (Wildman–Crippen LogP) is 0.923. The standard InChI is InChI=1S/C18H27N3O4S/c1-20(2)26(23,24)13-15-11-25-12-17(15)19-18(22)14-5-7-16(8-6-14)21-9-3-4-10-21/h5-8,15,17H,3-4,9-13H2,1-2H3,(H,19,22)/t15-,17-/m0/s1. The van der Waals surface area contributed by atoms with Crippen LogP contribution in [0.3, 0.4) is 0 Å². The molecule has 144 valence electrons. The van der Waals surface area contributed by atoms with Crippen molar-refractivity contribution in [2.45, 2.75) is 18.9 Å². The summed E-state index contributed by atoms with van der Waals surface area (Å²) < 4.78 is 30.8. The zero-order valence-corrected chi connectivity index (χ0v) is 16.2. The van der Waals surface area contributed by atoms with Gasteiger partial charge in [-0.3, -0.25) is 4.79 Å². The molecule has 7 nitrogen and oxygen atoms in total. The molecule has 0 radical (unpaired) electrons. The molecule has 2 fully saturated rings. The lowest BCUT2D eigenvalue weighted by atomic mass is 10.1. The third-order valence-corrected chi connectivity index (χ3v) is 7.06. The molecule has 0 saturated carbocycles. The van der Waals surface area contributed by atoms with E-state index in [0.29, 0.717) is 18.8 Å². The molecule has 2 heterocycles. The molecule has 0 aromatic heterocycles. The molecule has 0 spiro atoms. The number of ether oxygens (including phenoxy) is 1. The first-order valence-corrected chi connectivity index (χ1v) is 10.6. The Balaban J connectivity index is 1.61. The highest BCUT2D eigenvalue weighted by atomic mass is 32.2. The van der Waals surface area contributed by atoms with Gasteiger partial charge in [-0.1, -0.05) is 0 Å². The second kappa shape index (κ2) is 7.94. The van der Waals surface area contributed by atoms with E-state index in [4.69, 9.17) is 4.74 Å². The van der Waals surface area contributed by atoms with E-state index in [9.17, 15) is 13.2 Å². The fraction of sp³-hybridized carbons (Fsp3) is 0.611. The number of anilines is 1. The van der Waals surface area contributed by atoms with E-state index in [1.54, 1.807) is 0 Å². The van der Waals surface area contributed by atoms with Crippen LogP contribution in [0.2, 0.25) is 0 Å². The molecule has 26 heavy (non-hydrogen) atoms. The van der Waals surface area contributed by atoms with Crippen molar-refractivity contribution in [3.05, 3.63) is 29.8 Å². The molecular formula is C18H27N3O4S. The first-order chi connectivity index (χ1) is 12.4. The summed E-state index contributed by atoms with van der Waals surface area (Å²) in [6, 6.07) is 7.29. The molecule has 2 saturated heterocycles. The van der Waals surface area contributed by atoms with Gasteiger partial charge < -0.3 is 15.0 Å². The monoisotopic (exact) mass is 381 g/mol. The van der Waals surface area contributed by atoms with Crippen LogP contribution in [0.25, 0.3) is 0 Å². The van der Waals surface area contributed by atoms with Gasteiger partial charge in [0.15, 0.2) is 0 Å². The average Bonchev–Trinajstić information content (AvgIpc) is 3.27. The van der Waals surface area contributed by atoms with Crippen molar-refractivity contribution in [1.29, 1.82) is 0 Å². The summed E-state index contributed by atoms with van der Waals surface area (Å²) >= 11 is 0. The van der Waals surface area contributed by atoms with Gasteiger partial charge in [0.05, 0.1) is 25.0 Å². The molecule has 1 aromatic rings.